The van der Waals surface area contributed by atoms with Gasteiger partial charge in [-0.2, -0.15) is 0 Å². The van der Waals surface area contributed by atoms with Crippen LogP contribution in [0, 0.1) is 0 Å². The Morgan fingerprint density at radius 2 is 1.25 bits per heavy atom. The van der Waals surface area contributed by atoms with E-state index in [1.165, 1.54) is 10.4 Å². The van der Waals surface area contributed by atoms with E-state index in [0.717, 1.165) is 5.02 Å². The van der Waals surface area contributed by atoms with Crippen molar-refractivity contribution in [1.29, 1.82) is 0 Å². The number of rotatable bonds is 2. The summed E-state index contributed by atoms with van der Waals surface area (Å²) in [6.07, 6.45) is 0. The first kappa shape index (κ1) is 11.4. The maximum Gasteiger partial charge on any atom is 0.112 e. The number of hydrogen-bond acceptors (Lipinski definition) is 0. The molecule has 0 aromatic heterocycles. The van der Waals surface area contributed by atoms with E-state index >= 15 is 0 Å². The van der Waals surface area contributed by atoms with Gasteiger partial charge in [-0.15, -0.1) is 0 Å². The molecule has 0 unspecified atom stereocenters. The minimum atomic E-state index is -1.54. The van der Waals surface area contributed by atoms with Crippen LogP contribution in [-0.2, 0) is 0 Å². The van der Waals surface area contributed by atoms with E-state index in [1.807, 2.05) is 12.1 Å². The topological polar surface area (TPSA) is 0 Å². The Morgan fingerprint density at radius 3 is 1.81 bits per heavy atom. The van der Waals surface area contributed by atoms with E-state index in [-0.39, 0.29) is 0 Å². The maximum atomic E-state index is 5.92. The Hall–Kier alpha value is -1.05. The van der Waals surface area contributed by atoms with E-state index in [9.17, 15) is 0 Å². The first-order valence-electron chi connectivity index (χ1n) is 5.42. The Labute approximate surface area is 103 Å². The molecular formula is C14H15ClSi. The molecule has 0 radical (unpaired) electrons. The van der Waals surface area contributed by atoms with Gasteiger partial charge in [-0.05, 0) is 12.1 Å². The molecule has 0 atom stereocenters. The number of halogens is 1. The number of hydrogen-bond donors (Lipinski definition) is 0. The fourth-order valence-corrected chi connectivity index (χ4v) is 4.37. The largest absolute Gasteiger partial charge is 0.112 e. The van der Waals surface area contributed by atoms with Crippen LogP contribution < -0.4 is 10.4 Å². The minimum absolute atomic E-state index is 0.807. The van der Waals surface area contributed by atoms with Crippen LogP contribution in [0.4, 0.5) is 0 Å². The summed E-state index contributed by atoms with van der Waals surface area (Å²) in [7, 11) is -1.54. The van der Waals surface area contributed by atoms with Crippen molar-refractivity contribution in [3.05, 3.63) is 59.6 Å². The lowest BCUT2D eigenvalue weighted by molar-refractivity contribution is 1.67. The molecule has 0 saturated heterocycles. The molecule has 0 bridgehead atoms. The highest BCUT2D eigenvalue weighted by atomic mass is 35.5. The molecule has 82 valence electrons. The smallest absolute Gasteiger partial charge is 0.0843 e. The minimum Gasteiger partial charge on any atom is -0.0843 e. The van der Waals surface area contributed by atoms with Crippen LogP contribution in [0.5, 0.6) is 0 Å². The van der Waals surface area contributed by atoms with Gasteiger partial charge in [0.2, 0.25) is 0 Å². The Morgan fingerprint density at radius 1 is 0.750 bits per heavy atom. The van der Waals surface area contributed by atoms with Crippen molar-refractivity contribution in [2.45, 2.75) is 13.1 Å². The van der Waals surface area contributed by atoms with Crippen molar-refractivity contribution in [3.8, 4) is 0 Å². The zero-order valence-electron chi connectivity index (χ0n) is 9.57. The molecule has 0 N–H and O–H groups in total. The van der Waals surface area contributed by atoms with E-state index in [0.29, 0.717) is 0 Å². The van der Waals surface area contributed by atoms with Gasteiger partial charge in [-0.3, -0.25) is 0 Å². The van der Waals surface area contributed by atoms with Crippen LogP contribution in [-0.4, -0.2) is 8.07 Å². The van der Waals surface area contributed by atoms with Gasteiger partial charge in [0, 0.05) is 5.02 Å². The summed E-state index contributed by atoms with van der Waals surface area (Å²) >= 11 is 5.92. The molecule has 0 amide bonds. The first-order chi connectivity index (χ1) is 7.60. The van der Waals surface area contributed by atoms with Crippen LogP contribution in [0.1, 0.15) is 0 Å². The van der Waals surface area contributed by atoms with Crippen LogP contribution in [0.25, 0.3) is 0 Å². The molecule has 0 aliphatic rings. The summed E-state index contributed by atoms with van der Waals surface area (Å²) in [5, 5.41) is 3.68. The van der Waals surface area contributed by atoms with E-state index in [1.54, 1.807) is 0 Å². The first-order valence-corrected chi connectivity index (χ1v) is 8.80. The fraction of sp³-hybridized carbons (Fsp3) is 0.143. The summed E-state index contributed by atoms with van der Waals surface area (Å²) in [5.41, 5.74) is 0. The number of benzene rings is 2. The van der Waals surface area contributed by atoms with Crippen LogP contribution >= 0.6 is 11.6 Å². The van der Waals surface area contributed by atoms with Gasteiger partial charge in [0.1, 0.15) is 8.07 Å². The average Bonchev–Trinajstić information content (AvgIpc) is 2.31. The Kier molecular flexibility index (Phi) is 3.17. The highest BCUT2D eigenvalue weighted by molar-refractivity contribution is 7.00. The third kappa shape index (κ3) is 2.21. The summed E-state index contributed by atoms with van der Waals surface area (Å²) in [4.78, 5) is 0. The van der Waals surface area contributed by atoms with Crippen LogP contribution in [0.3, 0.4) is 0 Å². The molecule has 0 aliphatic heterocycles. The molecule has 0 saturated carbocycles. The highest BCUT2D eigenvalue weighted by Crippen LogP contribution is 2.09. The van der Waals surface area contributed by atoms with Gasteiger partial charge >= 0.3 is 0 Å². The predicted octanol–water partition coefficient (Wildman–Crippen LogP) is 3.16. The summed E-state index contributed by atoms with van der Waals surface area (Å²) in [6.45, 7) is 4.73. The van der Waals surface area contributed by atoms with Crippen molar-refractivity contribution >= 4 is 30.0 Å². The lowest BCUT2D eigenvalue weighted by Crippen LogP contribution is -2.52. The highest BCUT2D eigenvalue weighted by Gasteiger charge is 2.25. The molecular weight excluding hydrogens is 232 g/mol. The molecule has 2 rings (SSSR count). The Bertz CT molecular complexity index is 460. The van der Waals surface area contributed by atoms with Crippen LogP contribution in [0.2, 0.25) is 18.1 Å². The third-order valence-corrected chi connectivity index (χ3v) is 6.87. The summed E-state index contributed by atoms with van der Waals surface area (Å²) in [5.74, 6) is 0. The second-order valence-electron chi connectivity index (χ2n) is 4.50. The maximum absolute atomic E-state index is 5.92. The molecule has 2 aromatic carbocycles. The standard InChI is InChI=1S/C14H15ClSi/c1-16(2,13-6-4-3-5-7-13)14-10-8-12(15)9-11-14/h3-11H,1-2H3. The summed E-state index contributed by atoms with van der Waals surface area (Å²) < 4.78 is 0. The zero-order chi connectivity index (χ0) is 11.6. The van der Waals surface area contributed by atoms with Crippen molar-refractivity contribution in [3.63, 3.8) is 0 Å². The lowest BCUT2D eigenvalue weighted by Gasteiger charge is -2.23. The third-order valence-electron chi connectivity index (χ3n) is 3.06. The van der Waals surface area contributed by atoms with Crippen molar-refractivity contribution < 1.29 is 0 Å². The van der Waals surface area contributed by atoms with Crippen molar-refractivity contribution in [2.24, 2.45) is 0 Å². The van der Waals surface area contributed by atoms with E-state index < -0.39 is 8.07 Å². The molecule has 16 heavy (non-hydrogen) atoms. The monoisotopic (exact) mass is 246 g/mol. The second kappa shape index (κ2) is 4.44. The molecule has 0 nitrogen and oxygen atoms in total. The molecule has 2 aromatic rings. The molecule has 0 heterocycles. The Balaban J connectivity index is 2.43. The van der Waals surface area contributed by atoms with Gasteiger partial charge in [0.05, 0.1) is 0 Å². The van der Waals surface area contributed by atoms with E-state index in [4.69, 9.17) is 11.6 Å². The van der Waals surface area contributed by atoms with Crippen molar-refractivity contribution in [2.75, 3.05) is 0 Å². The molecule has 0 aliphatic carbocycles. The molecule has 0 fully saturated rings. The summed E-state index contributed by atoms with van der Waals surface area (Å²) in [6, 6.07) is 19.0. The quantitative estimate of drug-likeness (QED) is 0.715. The normalized spacial score (nSPS) is 11.4. The predicted molar refractivity (Wildman–Crippen MR) is 74.6 cm³/mol. The van der Waals surface area contributed by atoms with Crippen molar-refractivity contribution in [1.82, 2.24) is 0 Å². The SMILES string of the molecule is C[Si](C)(c1ccccc1)c1ccc(Cl)cc1. The van der Waals surface area contributed by atoms with Gasteiger partial charge < -0.3 is 0 Å². The van der Waals surface area contributed by atoms with Gasteiger partial charge in [-0.1, -0.05) is 77.5 Å². The zero-order valence-corrected chi connectivity index (χ0v) is 11.3. The lowest BCUT2D eigenvalue weighted by atomic mass is 10.4. The van der Waals surface area contributed by atoms with Crippen LogP contribution in [0.15, 0.2) is 54.6 Å². The van der Waals surface area contributed by atoms with Gasteiger partial charge in [0.25, 0.3) is 0 Å². The second-order valence-corrected chi connectivity index (χ2v) is 9.34. The van der Waals surface area contributed by atoms with Gasteiger partial charge in [0.15, 0.2) is 0 Å². The fourth-order valence-electron chi connectivity index (χ4n) is 1.89. The average molecular weight is 247 g/mol. The van der Waals surface area contributed by atoms with Gasteiger partial charge in [-0.25, -0.2) is 0 Å². The molecule has 2 heteroatoms. The molecule has 0 spiro atoms. The van der Waals surface area contributed by atoms with E-state index in [2.05, 4.69) is 55.6 Å².